The normalized spacial score (nSPS) is 16.5. The lowest BCUT2D eigenvalue weighted by molar-refractivity contribution is 0.0640. The Balaban J connectivity index is 1.52. The summed E-state index contributed by atoms with van der Waals surface area (Å²) < 4.78 is 10.5. The smallest absolute Gasteiger partial charge is 0.267 e. The van der Waals surface area contributed by atoms with Crippen molar-refractivity contribution in [3.63, 3.8) is 0 Å². The van der Waals surface area contributed by atoms with Crippen LogP contribution in [-0.4, -0.2) is 56.2 Å². The van der Waals surface area contributed by atoms with Gasteiger partial charge in [-0.25, -0.2) is 4.68 Å². The van der Waals surface area contributed by atoms with Crippen LogP contribution in [0.25, 0.3) is 5.69 Å². The molecule has 0 saturated carbocycles. The number of methoxy groups -OCH3 is 1. The fraction of sp³-hybridized carbons (Fsp3) is 0.350. The molecule has 0 spiro atoms. The van der Waals surface area contributed by atoms with Crippen LogP contribution in [0.4, 0.5) is 5.82 Å². The van der Waals surface area contributed by atoms with Crippen LogP contribution in [0, 0.1) is 12.8 Å². The number of anilines is 1. The summed E-state index contributed by atoms with van der Waals surface area (Å²) in [5.74, 6) is 0.473. The second-order valence-electron chi connectivity index (χ2n) is 7.20. The van der Waals surface area contributed by atoms with Crippen LogP contribution in [0.1, 0.15) is 38.6 Å². The summed E-state index contributed by atoms with van der Waals surface area (Å²) in [5, 5.41) is 8.21. The number of aryl methyl sites for hydroxylation is 1. The van der Waals surface area contributed by atoms with E-state index in [4.69, 9.17) is 10.5 Å². The quantitative estimate of drug-likeness (QED) is 0.623. The van der Waals surface area contributed by atoms with E-state index in [1.807, 2.05) is 12.1 Å². The molecule has 156 valence electrons. The van der Waals surface area contributed by atoms with E-state index in [9.17, 15) is 9.59 Å². The highest BCUT2D eigenvalue weighted by atomic mass is 32.1. The number of ether oxygens (including phenoxy) is 1. The monoisotopic (exact) mass is 426 g/mol. The van der Waals surface area contributed by atoms with E-state index < -0.39 is 0 Å². The summed E-state index contributed by atoms with van der Waals surface area (Å²) in [6, 6.07) is 7.25. The van der Waals surface area contributed by atoms with Gasteiger partial charge in [0.15, 0.2) is 5.78 Å². The fourth-order valence-corrected chi connectivity index (χ4v) is 4.27. The lowest BCUT2D eigenvalue weighted by Gasteiger charge is -2.31. The first-order valence-electron chi connectivity index (χ1n) is 9.60. The molecule has 1 aliphatic heterocycles. The highest BCUT2D eigenvalue weighted by molar-refractivity contribution is 7.07. The second kappa shape index (κ2) is 8.23. The first kappa shape index (κ1) is 20.0. The van der Waals surface area contributed by atoms with Crippen molar-refractivity contribution in [2.24, 2.45) is 5.92 Å². The number of aromatic nitrogens is 4. The Morgan fingerprint density at radius 3 is 2.70 bits per heavy atom. The van der Waals surface area contributed by atoms with Crippen molar-refractivity contribution >= 4 is 29.0 Å². The molecule has 1 saturated heterocycles. The summed E-state index contributed by atoms with van der Waals surface area (Å²) in [7, 11) is 1.60. The number of nitrogens with two attached hydrogens (primary N) is 1. The third kappa shape index (κ3) is 3.65. The van der Waals surface area contributed by atoms with Crippen LogP contribution in [-0.2, 0) is 0 Å². The third-order valence-electron chi connectivity index (χ3n) is 5.31. The van der Waals surface area contributed by atoms with Crippen LogP contribution in [0.2, 0.25) is 0 Å². The molecule has 1 aromatic carbocycles. The standard InChI is InChI=1S/C20H22N6O3S/c1-12-18(30-24-23-12)20(28)25-9-3-4-13(11-25)17(27)16-10-22-26(19(16)21)14-5-7-15(29-2)8-6-14/h5-8,10,13H,3-4,9,11,21H2,1-2H3/t13-/m1/s1. The first-order chi connectivity index (χ1) is 14.5. The Hall–Kier alpha value is -3.27. The van der Waals surface area contributed by atoms with E-state index in [0.717, 1.165) is 29.4 Å². The van der Waals surface area contributed by atoms with Gasteiger partial charge in [0.25, 0.3) is 5.91 Å². The molecule has 3 heterocycles. The lowest BCUT2D eigenvalue weighted by atomic mass is 9.90. The zero-order chi connectivity index (χ0) is 21.3. The van der Waals surface area contributed by atoms with E-state index in [2.05, 4.69) is 14.7 Å². The van der Waals surface area contributed by atoms with Gasteiger partial charge in [-0.1, -0.05) is 4.49 Å². The molecule has 4 rings (SSSR count). The number of rotatable bonds is 5. The summed E-state index contributed by atoms with van der Waals surface area (Å²) in [6.07, 6.45) is 2.95. The van der Waals surface area contributed by atoms with Gasteiger partial charge in [0.2, 0.25) is 0 Å². The van der Waals surface area contributed by atoms with Gasteiger partial charge >= 0.3 is 0 Å². The van der Waals surface area contributed by atoms with Gasteiger partial charge in [0.1, 0.15) is 16.4 Å². The number of Topliss-reactive ketones (excluding diaryl/α,β-unsaturated/α-hetero) is 1. The number of benzene rings is 1. The molecule has 0 aliphatic carbocycles. The predicted molar refractivity (Wildman–Crippen MR) is 112 cm³/mol. The first-order valence-corrected chi connectivity index (χ1v) is 10.4. The Labute approximate surface area is 177 Å². The Bertz CT molecular complexity index is 1070. The van der Waals surface area contributed by atoms with E-state index in [-0.39, 0.29) is 23.4 Å². The van der Waals surface area contributed by atoms with Crippen molar-refractivity contribution in [1.82, 2.24) is 24.3 Å². The van der Waals surface area contributed by atoms with Crippen molar-refractivity contribution in [3.05, 3.63) is 46.6 Å². The molecule has 0 unspecified atom stereocenters. The van der Waals surface area contributed by atoms with Gasteiger partial charge in [-0.15, -0.1) is 5.10 Å². The molecule has 0 radical (unpaired) electrons. The summed E-state index contributed by atoms with van der Waals surface area (Å²) in [5.41, 5.74) is 7.98. The highest BCUT2D eigenvalue weighted by Crippen LogP contribution is 2.27. The average Bonchev–Trinajstić information content (AvgIpc) is 3.38. The Morgan fingerprint density at radius 2 is 2.03 bits per heavy atom. The van der Waals surface area contributed by atoms with Crippen LogP contribution >= 0.6 is 11.5 Å². The Morgan fingerprint density at radius 1 is 1.27 bits per heavy atom. The van der Waals surface area contributed by atoms with Crippen molar-refractivity contribution < 1.29 is 14.3 Å². The summed E-state index contributed by atoms with van der Waals surface area (Å²) in [6.45, 7) is 2.72. The number of hydrogen-bond acceptors (Lipinski definition) is 8. The van der Waals surface area contributed by atoms with Crippen LogP contribution in [0.5, 0.6) is 5.75 Å². The molecule has 30 heavy (non-hydrogen) atoms. The van der Waals surface area contributed by atoms with Crippen LogP contribution < -0.4 is 10.5 Å². The summed E-state index contributed by atoms with van der Waals surface area (Å²) >= 11 is 1.08. The zero-order valence-electron chi connectivity index (χ0n) is 16.7. The number of likely N-dealkylation sites (tertiary alicyclic amines) is 1. The van der Waals surface area contributed by atoms with E-state index in [1.165, 1.54) is 10.9 Å². The fourth-order valence-electron chi connectivity index (χ4n) is 3.64. The minimum absolute atomic E-state index is 0.0936. The maximum atomic E-state index is 13.2. The molecular formula is C20H22N6O3S. The van der Waals surface area contributed by atoms with Gasteiger partial charge in [-0.05, 0) is 55.6 Å². The lowest BCUT2D eigenvalue weighted by Crippen LogP contribution is -2.42. The van der Waals surface area contributed by atoms with E-state index >= 15 is 0 Å². The molecule has 1 amide bonds. The second-order valence-corrected chi connectivity index (χ2v) is 7.95. The molecule has 1 fully saturated rings. The van der Waals surface area contributed by atoms with Gasteiger partial charge < -0.3 is 15.4 Å². The molecule has 2 aromatic heterocycles. The molecule has 9 nitrogen and oxygen atoms in total. The van der Waals surface area contributed by atoms with Crippen molar-refractivity contribution in [1.29, 1.82) is 0 Å². The number of amides is 1. The van der Waals surface area contributed by atoms with Gasteiger partial charge in [0, 0.05) is 19.0 Å². The molecule has 1 atom stereocenters. The minimum Gasteiger partial charge on any atom is -0.497 e. The largest absolute Gasteiger partial charge is 0.497 e. The molecule has 3 aromatic rings. The van der Waals surface area contributed by atoms with Gasteiger partial charge in [-0.2, -0.15) is 5.10 Å². The number of hydrogen-bond donors (Lipinski definition) is 1. The van der Waals surface area contributed by atoms with Gasteiger partial charge in [0.05, 0.1) is 30.3 Å². The van der Waals surface area contributed by atoms with E-state index in [0.29, 0.717) is 35.6 Å². The topological polar surface area (TPSA) is 116 Å². The molecular weight excluding hydrogens is 404 g/mol. The van der Waals surface area contributed by atoms with Crippen molar-refractivity contribution in [2.75, 3.05) is 25.9 Å². The number of ketones is 1. The Kier molecular flexibility index (Phi) is 5.49. The number of nitrogen functional groups attached to an aromatic ring is 1. The predicted octanol–water partition coefficient (Wildman–Crippen LogP) is 2.36. The number of piperidine rings is 1. The van der Waals surface area contributed by atoms with Gasteiger partial charge in [-0.3, -0.25) is 9.59 Å². The molecule has 1 aliphatic rings. The maximum Gasteiger partial charge on any atom is 0.267 e. The van der Waals surface area contributed by atoms with E-state index in [1.54, 1.807) is 31.1 Å². The minimum atomic E-state index is -0.320. The van der Waals surface area contributed by atoms with Crippen LogP contribution in [0.3, 0.4) is 0 Å². The SMILES string of the molecule is COc1ccc(-n2ncc(C(=O)[C@@H]3CCCN(C(=O)c4snnc4C)C3)c2N)cc1. The number of carbonyl (C=O) groups is 2. The molecule has 2 N–H and O–H groups in total. The van der Waals surface area contributed by atoms with Crippen molar-refractivity contribution in [2.45, 2.75) is 19.8 Å². The summed E-state index contributed by atoms with van der Waals surface area (Å²) in [4.78, 5) is 28.2. The highest BCUT2D eigenvalue weighted by Gasteiger charge is 2.32. The average molecular weight is 427 g/mol. The number of nitrogens with zero attached hydrogens (tertiary/aromatic N) is 5. The zero-order valence-corrected chi connectivity index (χ0v) is 17.6. The van der Waals surface area contributed by atoms with Crippen molar-refractivity contribution in [3.8, 4) is 11.4 Å². The maximum absolute atomic E-state index is 13.2. The number of carbonyl (C=O) groups excluding carboxylic acids is 2. The molecule has 0 bridgehead atoms. The third-order valence-corrected chi connectivity index (χ3v) is 6.13. The molecule has 10 heteroatoms. The van der Waals surface area contributed by atoms with Crippen LogP contribution in [0.15, 0.2) is 30.5 Å².